The first-order valence-electron chi connectivity index (χ1n) is 4.08. The predicted octanol–water partition coefficient (Wildman–Crippen LogP) is 3.09. The van der Waals surface area contributed by atoms with Gasteiger partial charge in [-0.05, 0) is 31.5 Å². The molecular formula is C11H17N. The Bertz CT molecular complexity index is 207. The largest absolute Gasteiger partial charge is 0.351 e. The Morgan fingerprint density at radius 2 is 2.17 bits per heavy atom. The molecule has 0 aliphatic carbocycles. The zero-order valence-electron chi connectivity index (χ0n) is 8.01. The topological polar surface area (TPSA) is 3.24 Å². The fourth-order valence-corrected chi connectivity index (χ4v) is 0.655. The lowest BCUT2D eigenvalue weighted by atomic mass is 10.2. The molecule has 0 heterocycles. The molecule has 0 atom stereocenters. The van der Waals surface area contributed by atoms with E-state index in [2.05, 4.69) is 25.8 Å². The first-order valence-corrected chi connectivity index (χ1v) is 4.08. The fraction of sp³-hybridized carbons (Fsp3) is 0.364. The van der Waals surface area contributed by atoms with Gasteiger partial charge in [-0.15, -0.1) is 12.3 Å². The highest BCUT2D eigenvalue weighted by Crippen LogP contribution is 2.01. The molecule has 0 saturated heterocycles. The summed E-state index contributed by atoms with van der Waals surface area (Å²) in [5, 5.41) is 0. The lowest BCUT2D eigenvalue weighted by molar-refractivity contribution is 0.629. The van der Waals surface area contributed by atoms with Gasteiger partial charge in [0.05, 0.1) is 0 Å². The van der Waals surface area contributed by atoms with Crippen LogP contribution in [0.3, 0.4) is 0 Å². The van der Waals surface area contributed by atoms with E-state index < -0.39 is 0 Å². The molecule has 1 nitrogen and oxygen atoms in total. The molecule has 0 aromatic carbocycles. The molecule has 0 N–H and O–H groups in total. The summed E-state index contributed by atoms with van der Waals surface area (Å²) in [6.45, 7) is 9.36. The molecular weight excluding hydrogens is 146 g/mol. The van der Waals surface area contributed by atoms with Gasteiger partial charge in [0, 0.05) is 13.2 Å². The van der Waals surface area contributed by atoms with Crippen LogP contribution in [0.15, 0.2) is 42.9 Å². The van der Waals surface area contributed by atoms with Gasteiger partial charge in [0.1, 0.15) is 0 Å². The minimum absolute atomic E-state index is 1.02. The maximum absolute atomic E-state index is 3.67. The summed E-state index contributed by atoms with van der Waals surface area (Å²) in [6, 6.07) is 0. The molecule has 1 heteroatoms. The van der Waals surface area contributed by atoms with Crippen molar-refractivity contribution in [2.45, 2.75) is 19.8 Å². The molecule has 66 valence electrons. The van der Waals surface area contributed by atoms with Crippen molar-refractivity contribution in [1.82, 2.24) is 4.90 Å². The minimum atomic E-state index is 1.02. The van der Waals surface area contributed by atoms with Crippen molar-refractivity contribution in [3.63, 3.8) is 0 Å². The van der Waals surface area contributed by atoms with Gasteiger partial charge >= 0.3 is 0 Å². The van der Waals surface area contributed by atoms with Crippen molar-refractivity contribution in [1.29, 1.82) is 0 Å². The molecule has 0 fully saturated rings. The van der Waals surface area contributed by atoms with Gasteiger partial charge in [-0.3, -0.25) is 0 Å². The van der Waals surface area contributed by atoms with Crippen LogP contribution in [0.4, 0.5) is 0 Å². The highest BCUT2D eigenvalue weighted by Gasteiger charge is 1.84. The summed E-state index contributed by atoms with van der Waals surface area (Å²) in [5.74, 6) is 0. The third-order valence-corrected chi connectivity index (χ3v) is 1.53. The average molecular weight is 163 g/mol. The highest BCUT2D eigenvalue weighted by molar-refractivity contribution is 4.99. The van der Waals surface area contributed by atoms with Crippen LogP contribution in [0, 0.1) is 0 Å². The number of hydrogen-bond acceptors (Lipinski definition) is 1. The summed E-state index contributed by atoms with van der Waals surface area (Å²) in [7, 11) is 1.93. The molecule has 0 aromatic rings. The number of nitrogens with zero attached hydrogens (tertiary/aromatic N) is 1. The van der Waals surface area contributed by atoms with Crippen LogP contribution in [0.25, 0.3) is 0 Å². The first-order chi connectivity index (χ1) is 5.70. The summed E-state index contributed by atoms with van der Waals surface area (Å²) >= 11 is 0. The number of allylic oxidation sites excluding steroid dienone is 2. The van der Waals surface area contributed by atoms with Gasteiger partial charge in [-0.1, -0.05) is 12.7 Å². The van der Waals surface area contributed by atoms with E-state index in [1.165, 1.54) is 5.57 Å². The second-order valence-corrected chi connectivity index (χ2v) is 2.73. The van der Waals surface area contributed by atoms with Gasteiger partial charge in [-0.25, -0.2) is 0 Å². The van der Waals surface area contributed by atoms with E-state index in [0.29, 0.717) is 0 Å². The molecule has 0 amide bonds. The zero-order chi connectivity index (χ0) is 9.40. The molecule has 0 aromatic heterocycles. The predicted molar refractivity (Wildman–Crippen MR) is 54.7 cm³/mol. The molecule has 0 saturated carbocycles. The Morgan fingerprint density at radius 1 is 1.50 bits per heavy atom. The summed E-state index contributed by atoms with van der Waals surface area (Å²) in [4.78, 5) is 1.87. The molecule has 0 unspecified atom stereocenters. The molecule has 0 bridgehead atoms. The van der Waals surface area contributed by atoms with Crippen LogP contribution in [-0.4, -0.2) is 11.9 Å². The Labute approximate surface area is 75.4 Å². The first kappa shape index (κ1) is 10.8. The van der Waals surface area contributed by atoms with E-state index in [-0.39, 0.29) is 0 Å². The van der Waals surface area contributed by atoms with Crippen LogP contribution < -0.4 is 0 Å². The summed E-state index contributed by atoms with van der Waals surface area (Å²) < 4.78 is 0. The minimum Gasteiger partial charge on any atom is -0.351 e. The van der Waals surface area contributed by atoms with Crippen LogP contribution in [0.2, 0.25) is 0 Å². The molecule has 0 rings (SSSR count). The Balaban J connectivity index is 4.03. The maximum atomic E-state index is 3.67. The van der Waals surface area contributed by atoms with E-state index >= 15 is 0 Å². The Hall–Kier alpha value is -1.20. The SMILES string of the molecule is C=CCCC(C)=C=CN(C)C=C. The summed E-state index contributed by atoms with van der Waals surface area (Å²) in [6.07, 6.45) is 7.59. The summed E-state index contributed by atoms with van der Waals surface area (Å²) in [5.41, 5.74) is 4.41. The van der Waals surface area contributed by atoms with Crippen LogP contribution in [0.1, 0.15) is 19.8 Å². The molecule has 0 radical (unpaired) electrons. The molecule has 0 aliphatic heterocycles. The van der Waals surface area contributed by atoms with Crippen molar-refractivity contribution >= 4 is 0 Å². The van der Waals surface area contributed by atoms with Gasteiger partial charge in [0.15, 0.2) is 0 Å². The van der Waals surface area contributed by atoms with Crippen LogP contribution in [-0.2, 0) is 0 Å². The maximum Gasteiger partial charge on any atom is 0.0460 e. The Morgan fingerprint density at radius 3 is 2.67 bits per heavy atom. The molecule has 0 aliphatic rings. The van der Waals surface area contributed by atoms with Crippen molar-refractivity contribution in [3.8, 4) is 0 Å². The average Bonchev–Trinajstić information content (AvgIpc) is 2.10. The van der Waals surface area contributed by atoms with Gasteiger partial charge < -0.3 is 4.90 Å². The van der Waals surface area contributed by atoms with Crippen molar-refractivity contribution in [2.75, 3.05) is 7.05 Å². The van der Waals surface area contributed by atoms with E-state index in [0.717, 1.165) is 12.8 Å². The molecule has 0 spiro atoms. The van der Waals surface area contributed by atoms with E-state index in [1.54, 1.807) is 6.20 Å². The monoisotopic (exact) mass is 163 g/mol. The van der Waals surface area contributed by atoms with Gasteiger partial charge in [0.25, 0.3) is 0 Å². The van der Waals surface area contributed by atoms with E-state index in [4.69, 9.17) is 0 Å². The van der Waals surface area contributed by atoms with Gasteiger partial charge in [-0.2, -0.15) is 0 Å². The Kier molecular flexibility index (Phi) is 5.86. The third-order valence-electron chi connectivity index (χ3n) is 1.53. The van der Waals surface area contributed by atoms with Gasteiger partial charge in [0.2, 0.25) is 0 Å². The number of rotatable bonds is 5. The van der Waals surface area contributed by atoms with E-state index in [9.17, 15) is 0 Å². The normalized spacial score (nSPS) is 8.17. The lowest BCUT2D eigenvalue weighted by Gasteiger charge is -2.02. The zero-order valence-corrected chi connectivity index (χ0v) is 8.01. The van der Waals surface area contributed by atoms with Crippen molar-refractivity contribution in [3.05, 3.63) is 42.9 Å². The number of hydrogen-bond donors (Lipinski definition) is 0. The smallest absolute Gasteiger partial charge is 0.0460 e. The quantitative estimate of drug-likeness (QED) is 0.444. The van der Waals surface area contributed by atoms with Crippen molar-refractivity contribution in [2.24, 2.45) is 0 Å². The molecule has 12 heavy (non-hydrogen) atoms. The van der Waals surface area contributed by atoms with Crippen LogP contribution in [0.5, 0.6) is 0 Å². The second-order valence-electron chi connectivity index (χ2n) is 2.73. The third kappa shape index (κ3) is 5.57. The van der Waals surface area contributed by atoms with Crippen LogP contribution >= 0.6 is 0 Å². The van der Waals surface area contributed by atoms with E-state index in [1.807, 2.05) is 24.2 Å². The highest BCUT2D eigenvalue weighted by atomic mass is 15.0. The van der Waals surface area contributed by atoms with Crippen molar-refractivity contribution < 1.29 is 0 Å². The second kappa shape index (κ2) is 6.51. The fourth-order valence-electron chi connectivity index (χ4n) is 0.655. The standard InChI is InChI=1S/C11H17N/c1-5-7-8-11(3)9-10-12(4)6-2/h5-6,10H,1-2,7-8H2,3-4H3. The lowest BCUT2D eigenvalue weighted by Crippen LogP contribution is -1.97.